The van der Waals surface area contributed by atoms with Gasteiger partial charge in [0.15, 0.2) is 0 Å². The highest BCUT2D eigenvalue weighted by atomic mass is 16.6. The highest BCUT2D eigenvalue weighted by Crippen LogP contribution is 2.38. The van der Waals surface area contributed by atoms with E-state index in [-0.39, 0.29) is 6.10 Å². The molecular formula is C20H20O2. The summed E-state index contributed by atoms with van der Waals surface area (Å²) in [6, 6.07) is 20.3. The molecule has 0 bridgehead atoms. The van der Waals surface area contributed by atoms with Gasteiger partial charge in [-0.1, -0.05) is 79.4 Å². The van der Waals surface area contributed by atoms with E-state index in [1.165, 1.54) is 0 Å². The van der Waals surface area contributed by atoms with Gasteiger partial charge in [0.05, 0.1) is 13.2 Å². The Bertz CT molecular complexity index is 633. The normalized spacial score (nSPS) is 24.1. The first-order valence-corrected chi connectivity index (χ1v) is 7.50. The predicted molar refractivity (Wildman–Crippen MR) is 88.4 cm³/mol. The summed E-state index contributed by atoms with van der Waals surface area (Å²) in [7, 11) is 0. The third-order valence-electron chi connectivity index (χ3n) is 3.90. The van der Waals surface area contributed by atoms with Gasteiger partial charge in [0.2, 0.25) is 0 Å². The summed E-state index contributed by atoms with van der Waals surface area (Å²) in [4.78, 5) is 0. The van der Waals surface area contributed by atoms with Crippen molar-refractivity contribution in [1.29, 1.82) is 0 Å². The van der Waals surface area contributed by atoms with Crippen LogP contribution in [0.1, 0.15) is 17.2 Å². The molecule has 2 aromatic rings. The monoisotopic (exact) mass is 292 g/mol. The minimum absolute atomic E-state index is 0.181. The third kappa shape index (κ3) is 3.03. The van der Waals surface area contributed by atoms with Crippen LogP contribution in [0.2, 0.25) is 0 Å². The van der Waals surface area contributed by atoms with Gasteiger partial charge in [0.1, 0.15) is 11.7 Å². The zero-order valence-corrected chi connectivity index (χ0v) is 12.5. The Morgan fingerprint density at radius 1 is 1.09 bits per heavy atom. The molecule has 2 aromatic carbocycles. The van der Waals surface area contributed by atoms with Gasteiger partial charge in [-0.2, -0.15) is 0 Å². The third-order valence-corrected chi connectivity index (χ3v) is 3.90. The molecule has 0 saturated heterocycles. The minimum Gasteiger partial charge on any atom is -0.366 e. The smallest absolute Gasteiger partial charge is 0.135 e. The molecule has 0 aromatic heterocycles. The molecule has 3 rings (SSSR count). The lowest BCUT2D eigenvalue weighted by Crippen LogP contribution is -2.39. The summed E-state index contributed by atoms with van der Waals surface area (Å²) in [5.74, 6) is 0. The van der Waals surface area contributed by atoms with Crippen LogP contribution in [0.15, 0.2) is 85.5 Å². The number of benzene rings is 2. The van der Waals surface area contributed by atoms with Gasteiger partial charge < -0.3 is 9.47 Å². The van der Waals surface area contributed by atoms with E-state index in [4.69, 9.17) is 9.47 Å². The van der Waals surface area contributed by atoms with E-state index in [1.54, 1.807) is 0 Å². The fourth-order valence-corrected chi connectivity index (χ4v) is 2.73. The number of hydrogen-bond acceptors (Lipinski definition) is 2. The van der Waals surface area contributed by atoms with Crippen molar-refractivity contribution in [3.05, 3.63) is 96.6 Å². The molecule has 0 fully saturated rings. The second kappa shape index (κ2) is 6.73. The van der Waals surface area contributed by atoms with E-state index < -0.39 is 5.60 Å². The maximum Gasteiger partial charge on any atom is 0.135 e. The maximum absolute atomic E-state index is 6.24. The quantitative estimate of drug-likeness (QED) is 0.758. The Morgan fingerprint density at radius 2 is 1.77 bits per heavy atom. The molecule has 2 nitrogen and oxygen atoms in total. The van der Waals surface area contributed by atoms with E-state index in [1.807, 2.05) is 48.6 Å². The first-order valence-electron chi connectivity index (χ1n) is 7.50. The van der Waals surface area contributed by atoms with Gasteiger partial charge in [-0.25, -0.2) is 0 Å². The van der Waals surface area contributed by atoms with E-state index in [0.29, 0.717) is 13.2 Å². The van der Waals surface area contributed by atoms with E-state index in [9.17, 15) is 0 Å². The number of hydrogen-bond donors (Lipinski definition) is 0. The number of rotatable bonds is 5. The van der Waals surface area contributed by atoms with Crippen LogP contribution in [0.25, 0.3) is 0 Å². The van der Waals surface area contributed by atoms with Gasteiger partial charge in [-0.15, -0.1) is 0 Å². The summed E-state index contributed by atoms with van der Waals surface area (Å²) in [5.41, 5.74) is 1.59. The molecule has 1 aliphatic heterocycles. The molecule has 0 spiro atoms. The SMILES string of the molecule is C=C[C@@]1(OCc2ccccc2)C=CCO[C@H]1c1ccccc1. The van der Waals surface area contributed by atoms with Crippen LogP contribution in [-0.4, -0.2) is 12.2 Å². The topological polar surface area (TPSA) is 18.5 Å². The fourth-order valence-electron chi connectivity index (χ4n) is 2.73. The van der Waals surface area contributed by atoms with Crippen molar-refractivity contribution in [3.8, 4) is 0 Å². The van der Waals surface area contributed by atoms with Gasteiger partial charge in [-0.05, 0) is 17.2 Å². The van der Waals surface area contributed by atoms with Crippen molar-refractivity contribution in [2.24, 2.45) is 0 Å². The van der Waals surface area contributed by atoms with Crippen LogP contribution in [0.5, 0.6) is 0 Å². The van der Waals surface area contributed by atoms with Crippen molar-refractivity contribution in [2.45, 2.75) is 18.3 Å². The van der Waals surface area contributed by atoms with Gasteiger partial charge >= 0.3 is 0 Å². The summed E-state index contributed by atoms with van der Waals surface area (Å²) in [6.07, 6.45) is 5.71. The number of ether oxygens (including phenoxy) is 2. The predicted octanol–water partition coefficient (Wildman–Crippen LogP) is 4.46. The summed E-state index contributed by atoms with van der Waals surface area (Å²) in [5, 5.41) is 0. The second-order valence-electron chi connectivity index (χ2n) is 5.36. The molecule has 0 amide bonds. The molecular weight excluding hydrogens is 272 g/mol. The minimum atomic E-state index is -0.643. The van der Waals surface area contributed by atoms with Crippen LogP contribution in [0, 0.1) is 0 Å². The summed E-state index contributed by atoms with van der Waals surface area (Å²) >= 11 is 0. The average molecular weight is 292 g/mol. The lowest BCUT2D eigenvalue weighted by molar-refractivity contribution is -0.105. The highest BCUT2D eigenvalue weighted by molar-refractivity contribution is 5.30. The van der Waals surface area contributed by atoms with Crippen LogP contribution in [0.3, 0.4) is 0 Å². The maximum atomic E-state index is 6.24. The Kier molecular flexibility index (Phi) is 4.52. The highest BCUT2D eigenvalue weighted by Gasteiger charge is 2.38. The molecule has 0 aliphatic carbocycles. The molecule has 112 valence electrons. The second-order valence-corrected chi connectivity index (χ2v) is 5.36. The average Bonchev–Trinajstić information content (AvgIpc) is 2.62. The Morgan fingerprint density at radius 3 is 2.45 bits per heavy atom. The fraction of sp³-hybridized carbons (Fsp3) is 0.200. The Hall–Kier alpha value is -2.16. The molecule has 0 radical (unpaired) electrons. The lowest BCUT2D eigenvalue weighted by Gasteiger charge is -2.38. The van der Waals surface area contributed by atoms with Crippen molar-refractivity contribution < 1.29 is 9.47 Å². The van der Waals surface area contributed by atoms with Gasteiger partial charge in [-0.3, -0.25) is 0 Å². The Labute approximate surface area is 131 Å². The van der Waals surface area contributed by atoms with Gasteiger partial charge in [0.25, 0.3) is 0 Å². The molecule has 2 heteroatoms. The zero-order chi connectivity index (χ0) is 15.3. The van der Waals surface area contributed by atoms with E-state index in [2.05, 4.69) is 36.9 Å². The molecule has 0 unspecified atom stereocenters. The largest absolute Gasteiger partial charge is 0.366 e. The first-order chi connectivity index (χ1) is 10.8. The lowest BCUT2D eigenvalue weighted by atomic mass is 9.88. The molecule has 2 atom stereocenters. The van der Waals surface area contributed by atoms with Crippen molar-refractivity contribution in [3.63, 3.8) is 0 Å². The summed E-state index contributed by atoms with van der Waals surface area (Å²) in [6.45, 7) is 5.09. The Balaban J connectivity index is 1.86. The van der Waals surface area contributed by atoms with Crippen molar-refractivity contribution in [2.75, 3.05) is 6.61 Å². The van der Waals surface area contributed by atoms with Crippen LogP contribution in [-0.2, 0) is 16.1 Å². The standard InChI is InChI=1S/C20H20O2/c1-2-20(22-16-17-10-5-3-6-11-17)14-9-15-21-19(20)18-12-7-4-8-13-18/h2-14,19H,1,15-16H2/t19-,20+/m0/s1. The van der Waals surface area contributed by atoms with Crippen LogP contribution in [0.4, 0.5) is 0 Å². The first kappa shape index (κ1) is 14.8. The molecule has 22 heavy (non-hydrogen) atoms. The van der Waals surface area contributed by atoms with Crippen molar-refractivity contribution >= 4 is 0 Å². The van der Waals surface area contributed by atoms with E-state index >= 15 is 0 Å². The molecule has 1 aliphatic rings. The zero-order valence-electron chi connectivity index (χ0n) is 12.5. The molecule has 0 saturated carbocycles. The van der Waals surface area contributed by atoms with E-state index in [0.717, 1.165) is 11.1 Å². The van der Waals surface area contributed by atoms with Gasteiger partial charge in [0, 0.05) is 0 Å². The molecule has 1 heterocycles. The summed E-state index contributed by atoms with van der Waals surface area (Å²) < 4.78 is 12.2. The van der Waals surface area contributed by atoms with Crippen LogP contribution >= 0.6 is 0 Å². The van der Waals surface area contributed by atoms with Crippen LogP contribution < -0.4 is 0 Å². The molecule has 0 N–H and O–H groups in total. The van der Waals surface area contributed by atoms with Crippen molar-refractivity contribution in [1.82, 2.24) is 0 Å².